The molecule has 8 heteroatoms. The number of carbonyl (C=O) groups is 1. The van der Waals surface area contributed by atoms with Crippen molar-refractivity contribution in [1.29, 1.82) is 0 Å². The minimum atomic E-state index is -1.09. The number of pyridine rings is 2. The Hall–Kier alpha value is -2.53. The van der Waals surface area contributed by atoms with Crippen LogP contribution in [0.1, 0.15) is 35.7 Å². The predicted octanol–water partition coefficient (Wildman–Crippen LogP) is 2.89. The van der Waals surface area contributed by atoms with Gasteiger partial charge in [0, 0.05) is 38.4 Å². The summed E-state index contributed by atoms with van der Waals surface area (Å²) in [5.41, 5.74) is 1.39. The van der Waals surface area contributed by atoms with Gasteiger partial charge in [-0.1, -0.05) is 18.2 Å². The van der Waals surface area contributed by atoms with Crippen LogP contribution >= 0.6 is 0 Å². The number of aromatic nitrogens is 4. The second-order valence-electron chi connectivity index (χ2n) is 5.90. The van der Waals surface area contributed by atoms with Gasteiger partial charge in [0.1, 0.15) is 11.6 Å². The minimum absolute atomic E-state index is 0. The van der Waals surface area contributed by atoms with E-state index in [1.54, 1.807) is 24.3 Å². The third-order valence-corrected chi connectivity index (χ3v) is 3.81. The molecule has 3 heterocycles. The molecule has 0 aliphatic heterocycles. The van der Waals surface area contributed by atoms with Crippen molar-refractivity contribution < 1.29 is 35.4 Å². The van der Waals surface area contributed by atoms with Gasteiger partial charge in [-0.05, 0) is 49.6 Å². The monoisotopic (exact) mass is 532 g/mol. The van der Waals surface area contributed by atoms with Crippen LogP contribution in [0.4, 0.5) is 4.39 Å². The van der Waals surface area contributed by atoms with Crippen molar-refractivity contribution in [2.45, 2.75) is 19.3 Å². The maximum Gasteiger partial charge on any atom is 0.354 e. The Balaban J connectivity index is 0.00000243. The Kier molecular flexibility index (Phi) is 5.93. The van der Waals surface area contributed by atoms with Crippen molar-refractivity contribution in [3.05, 3.63) is 71.8 Å². The molecule has 0 aromatic carbocycles. The number of rotatable bonds is 4. The fourth-order valence-electron chi connectivity index (χ4n) is 2.35. The molecule has 0 aliphatic carbocycles. The van der Waals surface area contributed by atoms with Crippen molar-refractivity contribution in [2.24, 2.45) is 0 Å². The van der Waals surface area contributed by atoms with E-state index in [0.717, 1.165) is 6.20 Å². The van der Waals surface area contributed by atoms with E-state index in [4.69, 9.17) is 5.11 Å². The van der Waals surface area contributed by atoms with E-state index in [0.29, 0.717) is 22.8 Å². The molecular weight excluding hydrogens is 518 g/mol. The average molecular weight is 532 g/mol. The zero-order chi connectivity index (χ0) is 18.0. The Labute approximate surface area is 163 Å². The summed E-state index contributed by atoms with van der Waals surface area (Å²) in [7, 11) is 0. The second-order valence-corrected chi connectivity index (χ2v) is 5.90. The van der Waals surface area contributed by atoms with Gasteiger partial charge in [-0.3, -0.25) is 9.37 Å². The number of hydrogen-bond acceptors (Lipinski definition) is 5. The molecule has 26 heavy (non-hydrogen) atoms. The van der Waals surface area contributed by atoms with Crippen LogP contribution in [0.3, 0.4) is 0 Å². The van der Waals surface area contributed by atoms with Gasteiger partial charge in [-0.25, -0.2) is 9.78 Å². The average Bonchev–Trinajstić information content (AvgIpc) is 2.62. The van der Waals surface area contributed by atoms with E-state index in [-0.39, 0.29) is 26.8 Å². The van der Waals surface area contributed by atoms with Gasteiger partial charge in [0.25, 0.3) is 0 Å². The van der Waals surface area contributed by atoms with Crippen molar-refractivity contribution in [3.63, 3.8) is 0 Å². The summed E-state index contributed by atoms with van der Waals surface area (Å²) in [6, 6.07) is 10.2. The fourth-order valence-corrected chi connectivity index (χ4v) is 2.35. The summed E-state index contributed by atoms with van der Waals surface area (Å²) in [6.07, 6.45) is 3.51. The molecule has 3 aromatic rings. The van der Waals surface area contributed by atoms with Gasteiger partial charge >= 0.3 is 5.97 Å². The van der Waals surface area contributed by atoms with Crippen molar-refractivity contribution in [1.82, 2.24) is 19.9 Å². The quantitative estimate of drug-likeness (QED) is 0.520. The maximum atomic E-state index is 12.9. The summed E-state index contributed by atoms with van der Waals surface area (Å²) >= 11 is 0. The number of hydrogen-bond donors (Lipinski definition) is 1. The molecule has 0 saturated heterocycles. The Morgan fingerprint density at radius 3 is 2.38 bits per heavy atom. The van der Waals surface area contributed by atoms with Crippen LogP contribution in [0.25, 0.3) is 11.4 Å². The third-order valence-electron chi connectivity index (χ3n) is 3.81. The number of carboxylic acids is 1. The molecule has 3 aromatic heterocycles. The first-order valence-corrected chi connectivity index (χ1v) is 7.47. The molecule has 0 atom stereocenters. The molecule has 0 bridgehead atoms. The largest absolute Gasteiger partial charge is 0.477 e. The van der Waals surface area contributed by atoms with Crippen LogP contribution in [0.5, 0.6) is 0 Å². The standard InChI is InChI=1S/C18H14FN4O2.Pt/c1-18(2,15-8-4-6-12(23-15)17(24)25)14-7-3-5-11(22-14)13-9-21-16(19)10-20-13;/h3-8,10H,1-2H3,(H,24,25);/q-1;. The number of carboxylic acid groups (broad SMARTS) is 1. The van der Waals surface area contributed by atoms with Crippen LogP contribution in [0, 0.1) is 12.1 Å². The molecular formula is C18H14FN4O2Pt-. The molecule has 0 aliphatic rings. The summed E-state index contributed by atoms with van der Waals surface area (Å²) in [6.45, 7) is 3.79. The van der Waals surface area contributed by atoms with Crippen LogP contribution in [0.15, 0.2) is 42.6 Å². The van der Waals surface area contributed by atoms with Gasteiger partial charge in [-0.15, -0.1) is 0 Å². The van der Waals surface area contributed by atoms with Crippen LogP contribution in [-0.2, 0) is 26.5 Å². The van der Waals surface area contributed by atoms with E-state index in [2.05, 4.69) is 26.1 Å². The molecule has 136 valence electrons. The minimum Gasteiger partial charge on any atom is -0.477 e. The zero-order valence-electron chi connectivity index (χ0n) is 13.9. The molecule has 1 N–H and O–H groups in total. The van der Waals surface area contributed by atoms with Gasteiger partial charge in [0.15, 0.2) is 0 Å². The van der Waals surface area contributed by atoms with E-state index in [9.17, 15) is 9.18 Å². The topological polar surface area (TPSA) is 88.9 Å². The van der Waals surface area contributed by atoms with Gasteiger partial charge < -0.3 is 15.1 Å². The summed E-state index contributed by atoms with van der Waals surface area (Å²) in [5.74, 6) is -1.80. The Bertz CT molecular complexity index is 932. The Morgan fingerprint density at radius 2 is 1.77 bits per heavy atom. The summed E-state index contributed by atoms with van der Waals surface area (Å²) in [4.78, 5) is 27.3. The van der Waals surface area contributed by atoms with Gasteiger partial charge in [-0.2, -0.15) is 0 Å². The first-order valence-electron chi connectivity index (χ1n) is 7.47. The predicted molar refractivity (Wildman–Crippen MR) is 87.4 cm³/mol. The molecule has 0 amide bonds. The number of nitrogens with zero attached hydrogens (tertiary/aromatic N) is 4. The van der Waals surface area contributed by atoms with Crippen molar-refractivity contribution >= 4 is 5.97 Å². The smallest absolute Gasteiger partial charge is 0.354 e. The van der Waals surface area contributed by atoms with Gasteiger partial charge in [0.05, 0.1) is 5.69 Å². The third kappa shape index (κ3) is 3.99. The Morgan fingerprint density at radius 1 is 1.12 bits per heavy atom. The molecule has 0 radical (unpaired) electrons. The molecule has 6 nitrogen and oxygen atoms in total. The SMILES string of the molecule is CC(C)(c1cccc(C(=O)O)n1)c1cccc(-c2[c-]nc(F)cn2)n1.[Pt]. The van der Waals surface area contributed by atoms with Crippen molar-refractivity contribution in [3.8, 4) is 11.4 Å². The number of halogens is 1. The molecule has 0 saturated carbocycles. The molecule has 0 fully saturated rings. The summed E-state index contributed by atoms with van der Waals surface area (Å²) in [5, 5.41) is 9.13. The maximum absolute atomic E-state index is 12.9. The van der Waals surface area contributed by atoms with Gasteiger partial charge in [0.2, 0.25) is 0 Å². The molecule has 0 unspecified atom stereocenters. The molecule has 3 rings (SSSR count). The van der Waals surface area contributed by atoms with E-state index >= 15 is 0 Å². The van der Waals surface area contributed by atoms with E-state index < -0.39 is 17.3 Å². The second kappa shape index (κ2) is 7.79. The van der Waals surface area contributed by atoms with Crippen LogP contribution in [-0.4, -0.2) is 31.0 Å². The van der Waals surface area contributed by atoms with Crippen molar-refractivity contribution in [2.75, 3.05) is 0 Å². The van der Waals surface area contributed by atoms with Crippen LogP contribution < -0.4 is 0 Å². The van der Waals surface area contributed by atoms with E-state index in [1.165, 1.54) is 6.07 Å². The van der Waals surface area contributed by atoms with E-state index in [1.807, 2.05) is 19.9 Å². The fraction of sp³-hybridized carbons (Fsp3) is 0.167. The summed E-state index contributed by atoms with van der Waals surface area (Å²) < 4.78 is 12.9. The number of aromatic carboxylic acids is 1. The normalized spacial score (nSPS) is 10.9. The molecule has 0 spiro atoms. The van der Waals surface area contributed by atoms with Crippen LogP contribution in [0.2, 0.25) is 0 Å². The first kappa shape index (κ1) is 19.8. The zero-order valence-corrected chi connectivity index (χ0v) is 16.2. The first-order chi connectivity index (χ1) is 11.9.